The first kappa shape index (κ1) is 12.6. The molecule has 1 N–H and O–H groups in total. The molecule has 1 saturated heterocycles. The summed E-state index contributed by atoms with van der Waals surface area (Å²) in [4.78, 5) is 0. The van der Waals surface area contributed by atoms with Gasteiger partial charge in [0.05, 0.1) is 12.7 Å². The van der Waals surface area contributed by atoms with Crippen LogP contribution < -0.4 is 5.32 Å². The summed E-state index contributed by atoms with van der Waals surface area (Å²) in [5.74, 6) is 0.637. The fourth-order valence-corrected chi connectivity index (χ4v) is 2.21. The van der Waals surface area contributed by atoms with Gasteiger partial charge in [0.1, 0.15) is 0 Å². The summed E-state index contributed by atoms with van der Waals surface area (Å²) < 4.78 is 5.95. The Morgan fingerprint density at radius 1 is 1.29 bits per heavy atom. The maximum Gasteiger partial charge on any atom is 0.0950 e. The highest BCUT2D eigenvalue weighted by Gasteiger charge is 2.23. The number of aryl methyl sites for hydroxylation is 1. The van der Waals surface area contributed by atoms with E-state index in [1.54, 1.807) is 0 Å². The van der Waals surface area contributed by atoms with Gasteiger partial charge in [-0.1, -0.05) is 45.0 Å². The van der Waals surface area contributed by atoms with Crippen LogP contribution >= 0.6 is 0 Å². The van der Waals surface area contributed by atoms with E-state index in [-0.39, 0.29) is 6.10 Å². The van der Waals surface area contributed by atoms with Crippen LogP contribution in [0.5, 0.6) is 0 Å². The molecule has 2 rings (SSSR count). The fourth-order valence-electron chi connectivity index (χ4n) is 2.21. The largest absolute Gasteiger partial charge is 0.371 e. The highest BCUT2D eigenvalue weighted by molar-refractivity contribution is 5.24. The van der Waals surface area contributed by atoms with Crippen molar-refractivity contribution < 1.29 is 4.74 Å². The molecule has 1 heterocycles. The molecule has 1 aromatic carbocycles. The molecule has 0 spiro atoms. The second-order valence-electron chi connectivity index (χ2n) is 5.18. The van der Waals surface area contributed by atoms with Crippen LogP contribution in [0.15, 0.2) is 24.3 Å². The van der Waals surface area contributed by atoms with Crippen molar-refractivity contribution in [3.63, 3.8) is 0 Å². The lowest BCUT2D eigenvalue weighted by molar-refractivity contribution is -0.00711. The van der Waals surface area contributed by atoms with Crippen LogP contribution in [0.25, 0.3) is 0 Å². The van der Waals surface area contributed by atoms with Crippen LogP contribution in [0.4, 0.5) is 0 Å². The van der Waals surface area contributed by atoms with Crippen molar-refractivity contribution in [2.75, 3.05) is 13.2 Å². The summed E-state index contributed by atoms with van der Waals surface area (Å²) in [5.41, 5.74) is 2.68. The molecule has 2 unspecified atom stereocenters. The Morgan fingerprint density at radius 3 is 2.47 bits per heavy atom. The zero-order chi connectivity index (χ0) is 12.3. The van der Waals surface area contributed by atoms with Gasteiger partial charge in [0, 0.05) is 12.6 Å². The Morgan fingerprint density at radius 2 is 2.00 bits per heavy atom. The first-order valence-corrected chi connectivity index (χ1v) is 6.64. The number of rotatable bonds is 3. The Hall–Kier alpha value is -0.860. The summed E-state index contributed by atoms with van der Waals surface area (Å²) in [6.45, 7) is 8.39. The van der Waals surface area contributed by atoms with Crippen LogP contribution in [0.3, 0.4) is 0 Å². The third-order valence-electron chi connectivity index (χ3n) is 3.61. The van der Waals surface area contributed by atoms with Crippen molar-refractivity contribution in [3.05, 3.63) is 35.4 Å². The van der Waals surface area contributed by atoms with Crippen LogP contribution in [0.1, 0.15) is 38.0 Å². The summed E-state index contributed by atoms with van der Waals surface area (Å²) in [6.07, 6.45) is 1.32. The number of ether oxygens (including phenoxy) is 1. The first-order chi connectivity index (χ1) is 8.20. The molecule has 1 aromatic rings. The standard InChI is InChI=1S/C15H23NO/c1-4-12-5-7-13(8-6-12)15-9-16-14(10-17-15)11(2)3/h5-8,11,14-16H,4,9-10H2,1-3H3. The van der Waals surface area contributed by atoms with Gasteiger partial charge in [0.25, 0.3) is 0 Å². The second kappa shape index (κ2) is 5.65. The van der Waals surface area contributed by atoms with E-state index >= 15 is 0 Å². The van der Waals surface area contributed by atoms with Gasteiger partial charge in [-0.3, -0.25) is 0 Å². The average molecular weight is 233 g/mol. The van der Waals surface area contributed by atoms with Gasteiger partial charge >= 0.3 is 0 Å². The molecule has 0 bridgehead atoms. The zero-order valence-corrected chi connectivity index (χ0v) is 11.1. The molecule has 1 aliphatic heterocycles. The third kappa shape index (κ3) is 3.08. The van der Waals surface area contributed by atoms with E-state index < -0.39 is 0 Å². The number of morpholine rings is 1. The highest BCUT2D eigenvalue weighted by Crippen LogP contribution is 2.22. The van der Waals surface area contributed by atoms with Gasteiger partial charge < -0.3 is 10.1 Å². The van der Waals surface area contributed by atoms with Gasteiger partial charge in [-0.25, -0.2) is 0 Å². The van der Waals surface area contributed by atoms with E-state index in [0.717, 1.165) is 19.6 Å². The smallest absolute Gasteiger partial charge is 0.0950 e. The van der Waals surface area contributed by atoms with Gasteiger partial charge in [-0.2, -0.15) is 0 Å². The SMILES string of the molecule is CCc1ccc(C2CNC(C(C)C)CO2)cc1. The molecule has 0 saturated carbocycles. The molecule has 2 heteroatoms. The van der Waals surface area contributed by atoms with Crippen molar-refractivity contribution in [2.45, 2.75) is 39.3 Å². The van der Waals surface area contributed by atoms with Crippen LogP contribution in [0.2, 0.25) is 0 Å². The quantitative estimate of drug-likeness (QED) is 0.866. The fraction of sp³-hybridized carbons (Fsp3) is 0.600. The van der Waals surface area contributed by atoms with Crippen molar-refractivity contribution >= 4 is 0 Å². The monoisotopic (exact) mass is 233 g/mol. The maximum absolute atomic E-state index is 5.95. The molecule has 1 fully saturated rings. The van der Waals surface area contributed by atoms with Gasteiger partial charge in [0.15, 0.2) is 0 Å². The molecule has 2 nitrogen and oxygen atoms in total. The van der Waals surface area contributed by atoms with E-state index in [2.05, 4.69) is 50.4 Å². The summed E-state index contributed by atoms with van der Waals surface area (Å²) in [5, 5.41) is 3.57. The number of hydrogen-bond donors (Lipinski definition) is 1. The first-order valence-electron chi connectivity index (χ1n) is 6.64. The Kier molecular flexibility index (Phi) is 4.19. The minimum Gasteiger partial charge on any atom is -0.371 e. The number of nitrogens with one attached hydrogen (secondary N) is 1. The molecule has 0 radical (unpaired) electrons. The van der Waals surface area contributed by atoms with Gasteiger partial charge in [-0.05, 0) is 23.5 Å². The van der Waals surface area contributed by atoms with Crippen LogP contribution in [-0.4, -0.2) is 19.2 Å². The lowest BCUT2D eigenvalue weighted by Gasteiger charge is -2.32. The summed E-state index contributed by atoms with van der Waals surface area (Å²) in [6, 6.07) is 9.29. The lowest BCUT2D eigenvalue weighted by atomic mass is 10.0. The predicted molar refractivity (Wildman–Crippen MR) is 71.1 cm³/mol. The topological polar surface area (TPSA) is 21.3 Å². The molecular formula is C15H23NO. The summed E-state index contributed by atoms with van der Waals surface area (Å²) >= 11 is 0. The van der Waals surface area contributed by atoms with Crippen molar-refractivity contribution in [1.29, 1.82) is 0 Å². The minimum atomic E-state index is 0.218. The minimum absolute atomic E-state index is 0.218. The maximum atomic E-state index is 5.95. The molecule has 2 atom stereocenters. The Labute approximate surface area is 104 Å². The van der Waals surface area contributed by atoms with Crippen LogP contribution in [0, 0.1) is 5.92 Å². The van der Waals surface area contributed by atoms with Crippen molar-refractivity contribution in [1.82, 2.24) is 5.32 Å². The van der Waals surface area contributed by atoms with E-state index in [9.17, 15) is 0 Å². The summed E-state index contributed by atoms with van der Waals surface area (Å²) in [7, 11) is 0. The number of hydrogen-bond acceptors (Lipinski definition) is 2. The van der Waals surface area contributed by atoms with Gasteiger partial charge in [-0.15, -0.1) is 0 Å². The highest BCUT2D eigenvalue weighted by atomic mass is 16.5. The molecule has 0 amide bonds. The van der Waals surface area contributed by atoms with Crippen molar-refractivity contribution in [3.8, 4) is 0 Å². The normalized spacial score (nSPS) is 25.2. The average Bonchev–Trinajstić information content (AvgIpc) is 2.39. The molecule has 0 aromatic heterocycles. The molecule has 17 heavy (non-hydrogen) atoms. The lowest BCUT2D eigenvalue weighted by Crippen LogP contribution is -2.45. The molecule has 0 aliphatic carbocycles. The predicted octanol–water partition coefficient (Wildman–Crippen LogP) is 2.93. The van der Waals surface area contributed by atoms with Gasteiger partial charge in [0.2, 0.25) is 0 Å². The van der Waals surface area contributed by atoms with E-state index in [1.807, 2.05) is 0 Å². The molecule has 1 aliphatic rings. The van der Waals surface area contributed by atoms with E-state index in [0.29, 0.717) is 12.0 Å². The Bertz CT molecular complexity index is 336. The second-order valence-corrected chi connectivity index (χ2v) is 5.18. The van der Waals surface area contributed by atoms with Crippen LogP contribution in [-0.2, 0) is 11.2 Å². The Balaban J connectivity index is 1.95. The number of benzene rings is 1. The van der Waals surface area contributed by atoms with E-state index in [4.69, 9.17) is 4.74 Å². The third-order valence-corrected chi connectivity index (χ3v) is 3.61. The molecular weight excluding hydrogens is 210 g/mol. The van der Waals surface area contributed by atoms with E-state index in [1.165, 1.54) is 11.1 Å². The zero-order valence-electron chi connectivity index (χ0n) is 11.1. The van der Waals surface area contributed by atoms with Crippen molar-refractivity contribution in [2.24, 2.45) is 5.92 Å². The molecule has 94 valence electrons.